The van der Waals surface area contributed by atoms with Crippen LogP contribution in [0.3, 0.4) is 0 Å². The van der Waals surface area contributed by atoms with E-state index >= 15 is 0 Å². The number of halogens is 1. The number of hydrogen-bond acceptors (Lipinski definition) is 2. The molecule has 0 aliphatic rings. The predicted octanol–water partition coefficient (Wildman–Crippen LogP) is 5.61. The largest absolute Gasteiger partial charge is 0.341 e. The van der Waals surface area contributed by atoms with E-state index in [-0.39, 0.29) is 5.91 Å². The minimum atomic E-state index is 0.143. The lowest BCUT2D eigenvalue weighted by Crippen LogP contribution is -2.39. The average molecular weight is 442 g/mol. The van der Waals surface area contributed by atoms with Gasteiger partial charge in [0.05, 0.1) is 11.0 Å². The van der Waals surface area contributed by atoms with Crippen molar-refractivity contribution in [1.29, 1.82) is 0 Å². The fraction of sp³-hybridized carbons (Fsp3) is 0.391. The van der Waals surface area contributed by atoms with Gasteiger partial charge in [0.15, 0.2) is 0 Å². The molecule has 0 aliphatic heterocycles. The molecule has 2 aromatic carbocycles. The Balaban J connectivity index is 1.99. The number of fused-ring (bicyclic) bond motifs is 1. The van der Waals surface area contributed by atoms with Crippen molar-refractivity contribution in [2.45, 2.75) is 34.2 Å². The lowest BCUT2D eigenvalue weighted by atomic mass is 10.1. The van der Waals surface area contributed by atoms with E-state index in [1.165, 1.54) is 0 Å². The molecule has 0 radical (unpaired) electrons. The summed E-state index contributed by atoms with van der Waals surface area (Å²) in [6.45, 7) is 10.5. The maximum Gasteiger partial charge on any atom is 0.242 e. The molecule has 0 saturated carbocycles. The van der Waals surface area contributed by atoms with E-state index in [0.29, 0.717) is 18.4 Å². The Morgan fingerprint density at radius 1 is 1.00 bits per heavy atom. The van der Waals surface area contributed by atoms with Crippen LogP contribution in [0.4, 0.5) is 0 Å². The van der Waals surface area contributed by atoms with Gasteiger partial charge in [-0.2, -0.15) is 0 Å². The van der Waals surface area contributed by atoms with E-state index in [1.54, 1.807) is 0 Å². The monoisotopic (exact) mass is 441 g/mol. The molecule has 0 spiro atoms. The molecule has 4 nitrogen and oxygen atoms in total. The first kappa shape index (κ1) is 20.6. The maximum absolute atomic E-state index is 13.2. The minimum absolute atomic E-state index is 0.143. The highest BCUT2D eigenvalue weighted by atomic mass is 79.9. The second-order valence-corrected chi connectivity index (χ2v) is 9.02. The van der Waals surface area contributed by atoms with Crippen LogP contribution in [0.15, 0.2) is 53.0 Å². The van der Waals surface area contributed by atoms with Crippen LogP contribution in [0.5, 0.6) is 0 Å². The summed E-state index contributed by atoms with van der Waals surface area (Å²) in [5.74, 6) is 1.85. The number of aromatic nitrogens is 2. The summed E-state index contributed by atoms with van der Waals surface area (Å²) in [5.41, 5.74) is 2.90. The van der Waals surface area contributed by atoms with E-state index in [9.17, 15) is 4.79 Å². The number of carbonyl (C=O) groups excluding carboxylic acids is 1. The molecule has 0 bridgehead atoms. The van der Waals surface area contributed by atoms with Crippen molar-refractivity contribution in [2.24, 2.45) is 11.8 Å². The summed E-state index contributed by atoms with van der Waals surface area (Å²) in [4.78, 5) is 20.1. The van der Waals surface area contributed by atoms with Crippen molar-refractivity contribution in [1.82, 2.24) is 14.5 Å². The Bertz CT molecular complexity index is 934. The van der Waals surface area contributed by atoms with E-state index < -0.39 is 0 Å². The minimum Gasteiger partial charge on any atom is -0.341 e. The molecule has 3 rings (SSSR count). The van der Waals surface area contributed by atoms with Crippen LogP contribution < -0.4 is 0 Å². The Kier molecular flexibility index (Phi) is 6.55. The van der Waals surface area contributed by atoms with Crippen molar-refractivity contribution >= 4 is 32.9 Å². The molecular weight excluding hydrogens is 414 g/mol. The van der Waals surface area contributed by atoms with E-state index in [1.807, 2.05) is 53.4 Å². The first-order valence-electron chi connectivity index (χ1n) is 9.84. The molecule has 0 fully saturated rings. The second-order valence-electron chi connectivity index (χ2n) is 8.10. The number of rotatable bonds is 7. The standard InChI is InChI=1S/C23H28BrN3O/c1-16(2)13-26(14-17(3)4)22(28)15-27-21-8-6-5-7-20(21)25-23(27)18-9-11-19(24)12-10-18/h5-12,16-17H,13-15H2,1-4H3. The third-order valence-electron chi connectivity index (χ3n) is 4.57. The van der Waals surface area contributed by atoms with Gasteiger partial charge in [-0.05, 0) is 36.1 Å². The Hall–Kier alpha value is -2.14. The fourth-order valence-corrected chi connectivity index (χ4v) is 3.71. The molecule has 0 N–H and O–H groups in total. The molecule has 1 heterocycles. The first-order chi connectivity index (χ1) is 13.3. The Labute approximate surface area is 175 Å². The van der Waals surface area contributed by atoms with Crippen LogP contribution >= 0.6 is 15.9 Å². The van der Waals surface area contributed by atoms with Crippen LogP contribution in [-0.4, -0.2) is 33.4 Å². The van der Waals surface area contributed by atoms with Gasteiger partial charge in [0.25, 0.3) is 0 Å². The third-order valence-corrected chi connectivity index (χ3v) is 5.10. The van der Waals surface area contributed by atoms with Crippen molar-refractivity contribution in [3.63, 3.8) is 0 Å². The molecule has 28 heavy (non-hydrogen) atoms. The van der Waals surface area contributed by atoms with Crippen molar-refractivity contribution < 1.29 is 4.79 Å². The highest BCUT2D eigenvalue weighted by Crippen LogP contribution is 2.26. The summed E-state index contributed by atoms with van der Waals surface area (Å²) in [6.07, 6.45) is 0. The number of para-hydroxylation sites is 2. The van der Waals surface area contributed by atoms with Crippen LogP contribution in [0.1, 0.15) is 27.7 Å². The average Bonchev–Trinajstić information content (AvgIpc) is 2.99. The van der Waals surface area contributed by atoms with Crippen molar-refractivity contribution in [2.75, 3.05) is 13.1 Å². The van der Waals surface area contributed by atoms with Crippen LogP contribution in [0.2, 0.25) is 0 Å². The van der Waals surface area contributed by atoms with Crippen LogP contribution in [-0.2, 0) is 11.3 Å². The predicted molar refractivity (Wildman–Crippen MR) is 119 cm³/mol. The van der Waals surface area contributed by atoms with Gasteiger partial charge >= 0.3 is 0 Å². The van der Waals surface area contributed by atoms with Gasteiger partial charge in [-0.15, -0.1) is 0 Å². The van der Waals surface area contributed by atoms with Gasteiger partial charge in [0.1, 0.15) is 12.4 Å². The lowest BCUT2D eigenvalue weighted by Gasteiger charge is -2.27. The summed E-state index contributed by atoms with van der Waals surface area (Å²) >= 11 is 3.49. The van der Waals surface area contributed by atoms with E-state index in [0.717, 1.165) is 40.0 Å². The maximum atomic E-state index is 13.2. The number of hydrogen-bond donors (Lipinski definition) is 0. The second kappa shape index (κ2) is 8.91. The molecule has 1 aromatic heterocycles. The van der Waals surface area contributed by atoms with Gasteiger partial charge in [-0.3, -0.25) is 4.79 Å². The summed E-state index contributed by atoms with van der Waals surface area (Å²) in [5, 5.41) is 0. The first-order valence-corrected chi connectivity index (χ1v) is 10.6. The molecule has 5 heteroatoms. The number of nitrogens with zero attached hydrogens (tertiary/aromatic N) is 3. The number of amides is 1. The van der Waals surface area contributed by atoms with Gasteiger partial charge in [-0.25, -0.2) is 4.98 Å². The molecule has 0 unspecified atom stereocenters. The summed E-state index contributed by atoms with van der Waals surface area (Å²) < 4.78 is 3.07. The zero-order valence-electron chi connectivity index (χ0n) is 17.0. The normalized spacial score (nSPS) is 11.5. The number of benzene rings is 2. The van der Waals surface area contributed by atoms with Gasteiger partial charge in [0, 0.05) is 23.1 Å². The van der Waals surface area contributed by atoms with Gasteiger partial charge < -0.3 is 9.47 Å². The van der Waals surface area contributed by atoms with E-state index in [2.05, 4.69) is 48.2 Å². The van der Waals surface area contributed by atoms with Crippen LogP contribution in [0, 0.1) is 11.8 Å². The molecule has 148 valence electrons. The molecule has 0 aliphatic carbocycles. The molecule has 3 aromatic rings. The van der Waals surface area contributed by atoms with Crippen molar-refractivity contribution in [3.05, 3.63) is 53.0 Å². The SMILES string of the molecule is CC(C)CN(CC(C)C)C(=O)Cn1c(-c2ccc(Br)cc2)nc2ccccc21. The summed E-state index contributed by atoms with van der Waals surface area (Å²) in [6, 6.07) is 16.1. The van der Waals surface area contributed by atoms with Crippen LogP contribution in [0.25, 0.3) is 22.4 Å². The topological polar surface area (TPSA) is 38.1 Å². The number of carbonyl (C=O) groups is 1. The molecule has 0 saturated heterocycles. The summed E-state index contributed by atoms with van der Waals surface area (Å²) in [7, 11) is 0. The molecule has 0 atom stereocenters. The van der Waals surface area contributed by atoms with Crippen molar-refractivity contribution in [3.8, 4) is 11.4 Å². The zero-order valence-corrected chi connectivity index (χ0v) is 18.6. The fourth-order valence-electron chi connectivity index (χ4n) is 3.45. The highest BCUT2D eigenvalue weighted by molar-refractivity contribution is 9.10. The van der Waals surface area contributed by atoms with Gasteiger partial charge in [-0.1, -0.05) is 67.9 Å². The molecular formula is C23H28BrN3O. The number of imidazole rings is 1. The molecule has 1 amide bonds. The smallest absolute Gasteiger partial charge is 0.242 e. The Morgan fingerprint density at radius 2 is 1.61 bits per heavy atom. The zero-order chi connectivity index (χ0) is 20.3. The lowest BCUT2D eigenvalue weighted by molar-refractivity contribution is -0.132. The quantitative estimate of drug-likeness (QED) is 0.477. The third kappa shape index (κ3) is 4.82. The van der Waals surface area contributed by atoms with E-state index in [4.69, 9.17) is 4.98 Å². The highest BCUT2D eigenvalue weighted by Gasteiger charge is 2.20. The Morgan fingerprint density at radius 3 is 2.21 bits per heavy atom. The van der Waals surface area contributed by atoms with Gasteiger partial charge in [0.2, 0.25) is 5.91 Å².